The van der Waals surface area contributed by atoms with Gasteiger partial charge < -0.3 is 9.84 Å². The third kappa shape index (κ3) is 2.68. The van der Waals surface area contributed by atoms with Crippen molar-refractivity contribution < 1.29 is 4.52 Å². The van der Waals surface area contributed by atoms with Crippen molar-refractivity contribution >= 4 is 23.7 Å². The van der Waals surface area contributed by atoms with Crippen LogP contribution in [-0.4, -0.2) is 16.7 Å². The molecule has 6 heteroatoms. The first-order valence-corrected chi connectivity index (χ1v) is 6.42. The van der Waals surface area contributed by atoms with Crippen molar-refractivity contribution in [2.24, 2.45) is 0 Å². The highest BCUT2D eigenvalue weighted by Crippen LogP contribution is 2.26. The summed E-state index contributed by atoms with van der Waals surface area (Å²) in [5.74, 6) is 1.43. The molecule has 1 N–H and O–H groups in total. The molecule has 0 amide bonds. The zero-order valence-electron chi connectivity index (χ0n) is 9.26. The Balaban J connectivity index is 0.00000108. The van der Waals surface area contributed by atoms with Gasteiger partial charge in [-0.25, -0.2) is 0 Å². The maximum Gasteiger partial charge on any atom is 0.244 e. The molecule has 0 saturated carbocycles. The molecule has 0 radical (unpaired) electrons. The Bertz CT molecular complexity index is 451. The van der Waals surface area contributed by atoms with Crippen LogP contribution in [0.1, 0.15) is 31.2 Å². The van der Waals surface area contributed by atoms with Crippen LogP contribution in [0.4, 0.5) is 0 Å². The Morgan fingerprint density at radius 2 is 2.35 bits per heavy atom. The molecular weight excluding hydrogens is 258 g/mol. The molecule has 0 aromatic carbocycles. The van der Waals surface area contributed by atoms with E-state index in [1.807, 2.05) is 17.5 Å². The third-order valence-corrected chi connectivity index (χ3v) is 3.66. The number of nitrogens with one attached hydrogen (secondary N) is 1. The molecular formula is C11H14ClN3OS. The summed E-state index contributed by atoms with van der Waals surface area (Å²) in [7, 11) is 0. The second kappa shape index (κ2) is 5.62. The van der Waals surface area contributed by atoms with E-state index in [4.69, 9.17) is 4.52 Å². The van der Waals surface area contributed by atoms with Crippen molar-refractivity contribution in [2.45, 2.75) is 25.3 Å². The highest BCUT2D eigenvalue weighted by molar-refractivity contribution is 7.13. The van der Waals surface area contributed by atoms with E-state index in [0.717, 1.165) is 23.7 Å². The van der Waals surface area contributed by atoms with Gasteiger partial charge in [-0.05, 0) is 30.8 Å². The van der Waals surface area contributed by atoms with Crippen LogP contribution in [0, 0.1) is 0 Å². The quantitative estimate of drug-likeness (QED) is 0.912. The number of aromatic nitrogens is 2. The van der Waals surface area contributed by atoms with Crippen LogP contribution in [0.25, 0.3) is 10.7 Å². The average molecular weight is 272 g/mol. The van der Waals surface area contributed by atoms with Crippen molar-refractivity contribution in [2.75, 3.05) is 6.54 Å². The summed E-state index contributed by atoms with van der Waals surface area (Å²) in [6, 6.07) is 4.25. The van der Waals surface area contributed by atoms with E-state index in [9.17, 15) is 0 Å². The summed E-state index contributed by atoms with van der Waals surface area (Å²) in [6.07, 6.45) is 3.56. The summed E-state index contributed by atoms with van der Waals surface area (Å²) in [5.41, 5.74) is 0. The second-order valence-electron chi connectivity index (χ2n) is 3.94. The van der Waals surface area contributed by atoms with Crippen LogP contribution in [0.2, 0.25) is 0 Å². The van der Waals surface area contributed by atoms with E-state index < -0.39 is 0 Å². The van der Waals surface area contributed by atoms with Crippen LogP contribution in [0.15, 0.2) is 22.0 Å². The maximum absolute atomic E-state index is 5.31. The van der Waals surface area contributed by atoms with Crippen LogP contribution in [-0.2, 0) is 0 Å². The van der Waals surface area contributed by atoms with Gasteiger partial charge in [0.2, 0.25) is 11.7 Å². The minimum absolute atomic E-state index is 0. The second-order valence-corrected chi connectivity index (χ2v) is 4.88. The molecule has 1 fully saturated rings. The van der Waals surface area contributed by atoms with E-state index >= 15 is 0 Å². The van der Waals surface area contributed by atoms with Crippen LogP contribution < -0.4 is 5.32 Å². The lowest BCUT2D eigenvalue weighted by atomic mass is 10.1. The lowest BCUT2D eigenvalue weighted by molar-refractivity contribution is 0.297. The lowest BCUT2D eigenvalue weighted by Gasteiger charge is -2.19. The number of hydrogen-bond acceptors (Lipinski definition) is 5. The molecule has 92 valence electrons. The van der Waals surface area contributed by atoms with Gasteiger partial charge in [0.1, 0.15) is 0 Å². The predicted octanol–water partition coefficient (Wildman–Crippen LogP) is 3.03. The number of halogens is 1. The Hall–Kier alpha value is -0.910. The molecule has 1 aliphatic rings. The monoisotopic (exact) mass is 271 g/mol. The fourth-order valence-corrected chi connectivity index (χ4v) is 2.59. The van der Waals surface area contributed by atoms with Gasteiger partial charge in [0.25, 0.3) is 0 Å². The van der Waals surface area contributed by atoms with Gasteiger partial charge in [-0.15, -0.1) is 23.7 Å². The first-order valence-electron chi connectivity index (χ1n) is 5.54. The number of thiophene rings is 1. The van der Waals surface area contributed by atoms with Crippen molar-refractivity contribution in [3.63, 3.8) is 0 Å². The lowest BCUT2D eigenvalue weighted by Crippen LogP contribution is -2.26. The minimum atomic E-state index is 0. The van der Waals surface area contributed by atoms with E-state index in [2.05, 4.69) is 15.5 Å². The summed E-state index contributed by atoms with van der Waals surface area (Å²) in [6.45, 7) is 1.04. The van der Waals surface area contributed by atoms with Gasteiger partial charge in [-0.1, -0.05) is 17.6 Å². The Kier molecular flexibility index (Phi) is 4.15. The van der Waals surface area contributed by atoms with Crippen LogP contribution >= 0.6 is 23.7 Å². The van der Waals surface area contributed by atoms with Gasteiger partial charge in [0.15, 0.2) is 0 Å². The largest absolute Gasteiger partial charge is 0.337 e. The van der Waals surface area contributed by atoms with Gasteiger partial charge in [0.05, 0.1) is 10.9 Å². The van der Waals surface area contributed by atoms with Crippen molar-refractivity contribution in [3.05, 3.63) is 23.4 Å². The average Bonchev–Trinajstić information content (AvgIpc) is 3.01. The molecule has 1 atom stereocenters. The summed E-state index contributed by atoms with van der Waals surface area (Å²) in [5, 5.41) is 9.44. The fraction of sp³-hybridized carbons (Fsp3) is 0.455. The SMILES string of the molecule is Cl.c1csc(-c2noc(C3CCCCN3)n2)c1. The van der Waals surface area contributed by atoms with Crippen LogP contribution in [0.3, 0.4) is 0 Å². The molecule has 0 spiro atoms. The number of piperidine rings is 1. The van der Waals surface area contributed by atoms with E-state index in [0.29, 0.717) is 5.82 Å². The predicted molar refractivity (Wildman–Crippen MR) is 69.5 cm³/mol. The molecule has 1 aliphatic heterocycles. The van der Waals surface area contributed by atoms with Gasteiger partial charge >= 0.3 is 0 Å². The molecule has 3 heterocycles. The van der Waals surface area contributed by atoms with Gasteiger partial charge in [-0.2, -0.15) is 4.98 Å². The topological polar surface area (TPSA) is 51.0 Å². The summed E-state index contributed by atoms with van der Waals surface area (Å²) >= 11 is 1.63. The van der Waals surface area contributed by atoms with Gasteiger partial charge in [0, 0.05) is 0 Å². The van der Waals surface area contributed by atoms with Crippen molar-refractivity contribution in [1.29, 1.82) is 0 Å². The maximum atomic E-state index is 5.31. The molecule has 1 saturated heterocycles. The molecule has 2 aromatic heterocycles. The highest BCUT2D eigenvalue weighted by Gasteiger charge is 2.21. The zero-order valence-corrected chi connectivity index (χ0v) is 10.9. The normalized spacial score (nSPS) is 19.9. The van der Waals surface area contributed by atoms with E-state index in [-0.39, 0.29) is 18.4 Å². The summed E-state index contributed by atoms with van der Waals surface area (Å²) in [4.78, 5) is 5.51. The first kappa shape index (κ1) is 12.5. The number of nitrogens with zero attached hydrogens (tertiary/aromatic N) is 2. The van der Waals surface area contributed by atoms with Crippen molar-refractivity contribution in [3.8, 4) is 10.7 Å². The highest BCUT2D eigenvalue weighted by atomic mass is 35.5. The molecule has 0 bridgehead atoms. The Morgan fingerprint density at radius 3 is 3.06 bits per heavy atom. The minimum Gasteiger partial charge on any atom is -0.337 e. The Labute approximate surface area is 110 Å². The Morgan fingerprint density at radius 1 is 1.41 bits per heavy atom. The smallest absolute Gasteiger partial charge is 0.244 e. The molecule has 2 aromatic rings. The molecule has 17 heavy (non-hydrogen) atoms. The summed E-state index contributed by atoms with van der Waals surface area (Å²) < 4.78 is 5.31. The molecule has 1 unspecified atom stereocenters. The number of hydrogen-bond donors (Lipinski definition) is 1. The van der Waals surface area contributed by atoms with Crippen molar-refractivity contribution in [1.82, 2.24) is 15.5 Å². The van der Waals surface area contributed by atoms with E-state index in [1.165, 1.54) is 12.8 Å². The number of rotatable bonds is 2. The standard InChI is InChI=1S/C11H13N3OS.ClH/c1-2-6-12-8(4-1)11-13-10(14-15-11)9-5-3-7-16-9;/h3,5,7-8,12H,1-2,4,6H2;1H. The first-order chi connectivity index (χ1) is 7.93. The molecule has 0 aliphatic carbocycles. The van der Waals surface area contributed by atoms with Crippen LogP contribution in [0.5, 0.6) is 0 Å². The third-order valence-electron chi connectivity index (χ3n) is 2.79. The van der Waals surface area contributed by atoms with E-state index in [1.54, 1.807) is 11.3 Å². The molecule has 3 rings (SSSR count). The molecule has 4 nitrogen and oxygen atoms in total. The van der Waals surface area contributed by atoms with Gasteiger partial charge in [-0.3, -0.25) is 0 Å². The zero-order chi connectivity index (χ0) is 10.8. The fourth-order valence-electron chi connectivity index (χ4n) is 1.95.